The molecule has 0 spiro atoms. The summed E-state index contributed by atoms with van der Waals surface area (Å²) in [6.45, 7) is 0. The van der Waals surface area contributed by atoms with Crippen LogP contribution in [-0.2, 0) is 0 Å². The van der Waals surface area contributed by atoms with Gasteiger partial charge in [-0.2, -0.15) is 0 Å². The quantitative estimate of drug-likeness (QED) is 0.166. The van der Waals surface area contributed by atoms with E-state index in [0.29, 0.717) is 0 Å². The summed E-state index contributed by atoms with van der Waals surface area (Å²) >= 11 is 0. The average molecular weight is 714 g/mol. The lowest BCUT2D eigenvalue weighted by Crippen LogP contribution is -1.91. The van der Waals surface area contributed by atoms with E-state index >= 15 is 0 Å². The molecule has 0 atom stereocenters. The zero-order chi connectivity index (χ0) is 37.0. The highest BCUT2D eigenvalue weighted by Gasteiger charge is 2.12. The number of benzene rings is 6. The third kappa shape index (κ3) is 5.62. The fourth-order valence-electron chi connectivity index (χ4n) is 7.78. The van der Waals surface area contributed by atoms with Gasteiger partial charge in [-0.05, 0) is 71.1 Å². The van der Waals surface area contributed by atoms with Gasteiger partial charge in [-0.3, -0.25) is 4.98 Å². The lowest BCUT2D eigenvalue weighted by molar-refractivity contribution is 1.36. The van der Waals surface area contributed by atoms with Crippen LogP contribution in [0.15, 0.2) is 188 Å². The fourth-order valence-corrected chi connectivity index (χ4v) is 7.78. The predicted molar refractivity (Wildman–Crippen MR) is 230 cm³/mol. The highest BCUT2D eigenvalue weighted by Crippen LogP contribution is 2.33. The number of nitrogens with zero attached hydrogens (tertiary/aromatic N) is 5. The first-order valence-corrected chi connectivity index (χ1v) is 18.7. The number of rotatable bonds is 5. The third-order valence-electron chi connectivity index (χ3n) is 10.7. The molecular weight excluding hydrogens is 683 g/mol. The molecule has 0 saturated carbocycles. The zero-order valence-electron chi connectivity index (χ0n) is 30.1. The van der Waals surface area contributed by atoms with Crippen LogP contribution in [0, 0.1) is 0 Å². The van der Waals surface area contributed by atoms with Gasteiger partial charge in [-0.1, -0.05) is 121 Å². The Labute approximate surface area is 322 Å². The van der Waals surface area contributed by atoms with E-state index in [9.17, 15) is 0 Å². The maximum absolute atomic E-state index is 5.14. The van der Waals surface area contributed by atoms with Gasteiger partial charge in [0.2, 0.25) is 0 Å². The molecule has 5 nitrogen and oxygen atoms in total. The summed E-state index contributed by atoms with van der Waals surface area (Å²) in [4.78, 5) is 24.6. The molecule has 0 radical (unpaired) electrons. The summed E-state index contributed by atoms with van der Waals surface area (Å²) in [5.74, 6) is 0. The molecule has 56 heavy (non-hydrogen) atoms. The van der Waals surface area contributed by atoms with Crippen molar-refractivity contribution >= 4 is 54.4 Å². The zero-order valence-corrected chi connectivity index (χ0v) is 30.1. The molecule has 0 fully saturated rings. The van der Waals surface area contributed by atoms with E-state index in [4.69, 9.17) is 19.9 Å². The van der Waals surface area contributed by atoms with Gasteiger partial charge in [0, 0.05) is 61.6 Å². The molecule has 11 aromatic rings. The van der Waals surface area contributed by atoms with Crippen molar-refractivity contribution in [1.82, 2.24) is 24.9 Å². The summed E-state index contributed by atoms with van der Waals surface area (Å²) in [7, 11) is 0. The van der Waals surface area contributed by atoms with Gasteiger partial charge in [0.1, 0.15) is 0 Å². The molecule has 5 aromatic heterocycles. The molecule has 0 bridgehead atoms. The van der Waals surface area contributed by atoms with Crippen molar-refractivity contribution in [2.45, 2.75) is 0 Å². The normalized spacial score (nSPS) is 11.6. The number of fused-ring (bicyclic) bond motifs is 6. The van der Waals surface area contributed by atoms with Crippen LogP contribution in [0.3, 0.4) is 0 Å². The van der Waals surface area contributed by atoms with Gasteiger partial charge in [-0.15, -0.1) is 0 Å². The molecule has 11 rings (SSSR count). The van der Waals surface area contributed by atoms with Crippen LogP contribution >= 0.6 is 0 Å². The highest BCUT2D eigenvalue weighted by atomic mass is 14.8. The molecular formula is C51H31N5. The van der Waals surface area contributed by atoms with Gasteiger partial charge in [0.05, 0.1) is 44.8 Å². The number of hydrogen-bond donors (Lipinski definition) is 0. The Morgan fingerprint density at radius 2 is 0.804 bits per heavy atom. The van der Waals surface area contributed by atoms with E-state index < -0.39 is 0 Å². The van der Waals surface area contributed by atoms with Crippen LogP contribution in [0.5, 0.6) is 0 Å². The monoisotopic (exact) mass is 713 g/mol. The molecule has 260 valence electrons. The van der Waals surface area contributed by atoms with Crippen LogP contribution in [0.25, 0.3) is 111 Å². The summed E-state index contributed by atoms with van der Waals surface area (Å²) in [5, 5.41) is 6.61. The number of hydrogen-bond acceptors (Lipinski definition) is 5. The topological polar surface area (TPSA) is 64.5 Å². The standard InChI is InChI=1S/C51H31N5/c1-2-5-32(6-3-1)45-21-15-35-13-14-36-16-22-46(56-51(36)50(35)55-45)34-11-9-33(10-12-34)44-25-19-39-29-37(17-23-47(39)53-44)38-18-24-48-40(30-38)20-26-49(54-48)43-8-4-7-41-31-52-28-27-42(41)43/h1-31H. The van der Waals surface area contributed by atoms with Crippen molar-refractivity contribution in [1.29, 1.82) is 0 Å². The van der Waals surface area contributed by atoms with Crippen molar-refractivity contribution < 1.29 is 0 Å². The summed E-state index contributed by atoms with van der Waals surface area (Å²) in [6, 6.07) is 61.3. The first-order chi connectivity index (χ1) is 27.7. The second-order valence-electron chi connectivity index (χ2n) is 14.2. The van der Waals surface area contributed by atoms with E-state index in [0.717, 1.165) is 111 Å². The van der Waals surface area contributed by atoms with E-state index in [1.54, 1.807) is 0 Å². The van der Waals surface area contributed by atoms with Crippen LogP contribution in [0.2, 0.25) is 0 Å². The molecule has 0 saturated heterocycles. The van der Waals surface area contributed by atoms with Crippen molar-refractivity contribution in [2.24, 2.45) is 0 Å². The van der Waals surface area contributed by atoms with E-state index in [-0.39, 0.29) is 0 Å². The minimum atomic E-state index is 0.905. The van der Waals surface area contributed by atoms with Crippen molar-refractivity contribution in [3.05, 3.63) is 188 Å². The Morgan fingerprint density at radius 1 is 0.304 bits per heavy atom. The molecule has 5 heteroatoms. The average Bonchev–Trinajstić information content (AvgIpc) is 3.28. The van der Waals surface area contributed by atoms with Crippen LogP contribution < -0.4 is 0 Å². The van der Waals surface area contributed by atoms with Crippen molar-refractivity contribution in [2.75, 3.05) is 0 Å². The Hall–Kier alpha value is -7.63. The Bertz CT molecular complexity index is 3300. The molecule has 0 unspecified atom stereocenters. The molecule has 0 aliphatic rings. The number of pyridine rings is 5. The lowest BCUT2D eigenvalue weighted by atomic mass is 9.99. The maximum atomic E-state index is 5.14. The molecule has 0 aliphatic carbocycles. The molecule has 5 heterocycles. The van der Waals surface area contributed by atoms with Gasteiger partial charge in [0.25, 0.3) is 0 Å². The van der Waals surface area contributed by atoms with Crippen LogP contribution in [0.1, 0.15) is 0 Å². The molecule has 0 amide bonds. The second kappa shape index (κ2) is 13.0. The summed E-state index contributed by atoms with van der Waals surface area (Å²) < 4.78 is 0. The van der Waals surface area contributed by atoms with Crippen molar-refractivity contribution in [3.8, 4) is 56.2 Å². The smallest absolute Gasteiger partial charge is 0.0972 e. The third-order valence-corrected chi connectivity index (χ3v) is 10.7. The SMILES string of the molecule is c1ccc(-c2ccc3ccc4ccc(-c5ccc(-c6ccc7cc(-c8ccc9nc(-c%10cccc%11cnccc%10%11)ccc9c8)ccc7n6)cc5)nc4c3n2)cc1. The van der Waals surface area contributed by atoms with Gasteiger partial charge < -0.3 is 0 Å². The van der Waals surface area contributed by atoms with Crippen LogP contribution in [0.4, 0.5) is 0 Å². The van der Waals surface area contributed by atoms with Gasteiger partial charge in [-0.25, -0.2) is 19.9 Å². The minimum absolute atomic E-state index is 0.905. The molecule has 6 aromatic carbocycles. The summed E-state index contributed by atoms with van der Waals surface area (Å²) in [5.41, 5.74) is 14.1. The van der Waals surface area contributed by atoms with E-state index in [2.05, 4.69) is 163 Å². The molecule has 0 N–H and O–H groups in total. The number of aromatic nitrogens is 5. The predicted octanol–water partition coefficient (Wildman–Crippen LogP) is 12.8. The van der Waals surface area contributed by atoms with Crippen LogP contribution in [-0.4, -0.2) is 24.9 Å². The van der Waals surface area contributed by atoms with E-state index in [1.807, 2.05) is 30.6 Å². The minimum Gasteiger partial charge on any atom is -0.264 e. The summed E-state index contributed by atoms with van der Waals surface area (Å²) in [6.07, 6.45) is 3.73. The second-order valence-corrected chi connectivity index (χ2v) is 14.2. The van der Waals surface area contributed by atoms with E-state index in [1.165, 1.54) is 0 Å². The first-order valence-electron chi connectivity index (χ1n) is 18.7. The lowest BCUT2D eigenvalue weighted by Gasteiger charge is -2.10. The highest BCUT2D eigenvalue weighted by molar-refractivity contribution is 6.04. The first kappa shape index (κ1) is 31.9. The largest absolute Gasteiger partial charge is 0.264 e. The van der Waals surface area contributed by atoms with Gasteiger partial charge in [0.15, 0.2) is 0 Å². The van der Waals surface area contributed by atoms with Gasteiger partial charge >= 0.3 is 0 Å². The Balaban J connectivity index is 0.864. The Morgan fingerprint density at radius 3 is 1.43 bits per heavy atom. The maximum Gasteiger partial charge on any atom is 0.0972 e. The fraction of sp³-hybridized carbons (Fsp3) is 0. The molecule has 0 aliphatic heterocycles. The van der Waals surface area contributed by atoms with Crippen molar-refractivity contribution in [3.63, 3.8) is 0 Å². The Kier molecular flexibility index (Phi) is 7.42.